The van der Waals surface area contributed by atoms with Gasteiger partial charge in [0.15, 0.2) is 10.9 Å². The molecule has 96 valence electrons. The molecule has 0 atom stereocenters. The number of anilines is 1. The minimum Gasteiger partial charge on any atom is -0.385 e. The predicted molar refractivity (Wildman–Crippen MR) is 69.9 cm³/mol. The highest BCUT2D eigenvalue weighted by atomic mass is 15.6. The third-order valence-corrected chi connectivity index (χ3v) is 2.72. The summed E-state index contributed by atoms with van der Waals surface area (Å²) in [6, 6.07) is 8.02. The van der Waals surface area contributed by atoms with Crippen molar-refractivity contribution in [1.82, 2.24) is 0 Å². The van der Waals surface area contributed by atoms with Gasteiger partial charge in [0.1, 0.15) is 0 Å². The minimum absolute atomic E-state index is 0.418. The van der Waals surface area contributed by atoms with Crippen LogP contribution in [0.3, 0.4) is 0 Å². The summed E-state index contributed by atoms with van der Waals surface area (Å²) >= 11 is 0. The molecule has 0 radical (unpaired) electrons. The Bertz CT molecular complexity index is 423. The van der Waals surface area contributed by atoms with Crippen LogP contribution in [0.15, 0.2) is 39.7 Å². The van der Waals surface area contributed by atoms with Gasteiger partial charge >= 0.3 is 0 Å². The van der Waals surface area contributed by atoms with Gasteiger partial charge in [-0.15, -0.1) is 0 Å². The topological polar surface area (TPSA) is 78.1 Å². The summed E-state index contributed by atoms with van der Waals surface area (Å²) in [4.78, 5) is 1.55. The molecule has 1 aliphatic heterocycles. The quantitative estimate of drug-likeness (QED) is 0.574. The van der Waals surface area contributed by atoms with E-state index >= 15 is 0 Å². The summed E-state index contributed by atoms with van der Waals surface area (Å²) in [6.07, 6.45) is 3.42. The van der Waals surface area contributed by atoms with Crippen LogP contribution >= 0.6 is 0 Å². The first-order chi connectivity index (χ1) is 8.90. The van der Waals surface area contributed by atoms with Crippen molar-refractivity contribution < 1.29 is 4.81 Å². The molecule has 0 saturated carbocycles. The van der Waals surface area contributed by atoms with E-state index in [1.807, 2.05) is 24.3 Å². The summed E-state index contributed by atoms with van der Waals surface area (Å²) in [5.41, 5.74) is 7.50. The molecule has 2 rings (SSSR count). The van der Waals surface area contributed by atoms with Crippen LogP contribution in [0, 0.1) is 0 Å². The largest absolute Gasteiger partial charge is 0.385 e. The smallest absolute Gasteiger partial charge is 0.286 e. The second-order valence-electron chi connectivity index (χ2n) is 4.13. The first-order valence-electron chi connectivity index (χ1n) is 6.29. The van der Waals surface area contributed by atoms with E-state index in [1.165, 1.54) is 6.42 Å². The highest BCUT2D eigenvalue weighted by molar-refractivity contribution is 5.48. The molecule has 1 heterocycles. The number of nitrogens with zero attached hydrogens (tertiary/aromatic N) is 4. The Morgan fingerprint density at radius 3 is 2.67 bits per heavy atom. The molecule has 0 bridgehead atoms. The second-order valence-corrected chi connectivity index (χ2v) is 4.13. The lowest BCUT2D eigenvalue weighted by Crippen LogP contribution is -2.03. The Morgan fingerprint density at radius 2 is 2.00 bits per heavy atom. The van der Waals surface area contributed by atoms with E-state index in [2.05, 4.69) is 20.8 Å². The van der Waals surface area contributed by atoms with E-state index in [0.29, 0.717) is 6.67 Å². The van der Waals surface area contributed by atoms with Gasteiger partial charge in [0.25, 0.3) is 6.67 Å². The lowest BCUT2D eigenvalue weighted by atomic mass is 10.2. The fourth-order valence-corrected chi connectivity index (χ4v) is 1.73. The van der Waals surface area contributed by atoms with Crippen molar-refractivity contribution in [3.63, 3.8) is 0 Å². The molecule has 0 saturated heterocycles. The van der Waals surface area contributed by atoms with Gasteiger partial charge in [0, 0.05) is 17.0 Å². The van der Waals surface area contributed by atoms with Gasteiger partial charge in [-0.3, -0.25) is 0 Å². The van der Waals surface area contributed by atoms with Crippen molar-refractivity contribution >= 4 is 11.4 Å². The van der Waals surface area contributed by atoms with Crippen LogP contribution in [0.4, 0.5) is 11.4 Å². The lowest BCUT2D eigenvalue weighted by Gasteiger charge is -2.05. The molecule has 1 aromatic carbocycles. The molecule has 0 aromatic heterocycles. The molecule has 0 aliphatic carbocycles. The Hall–Kier alpha value is -1.82. The number of unbranched alkanes of at least 4 members (excludes halogenated alkanes) is 2. The van der Waals surface area contributed by atoms with Crippen LogP contribution in [0.2, 0.25) is 0 Å². The zero-order chi connectivity index (χ0) is 12.6. The number of rotatable bonds is 7. The number of nitrogens with two attached hydrogens (primary N) is 1. The van der Waals surface area contributed by atoms with E-state index in [0.717, 1.165) is 37.3 Å². The van der Waals surface area contributed by atoms with Gasteiger partial charge < -0.3 is 11.1 Å². The average molecular weight is 247 g/mol. The maximum atomic E-state index is 5.45. The van der Waals surface area contributed by atoms with Crippen molar-refractivity contribution in [2.45, 2.75) is 19.3 Å². The number of nitrogens with one attached hydrogen (secondary N) is 1. The van der Waals surface area contributed by atoms with Gasteiger partial charge in [0.2, 0.25) is 0 Å². The van der Waals surface area contributed by atoms with Crippen LogP contribution in [0.25, 0.3) is 0 Å². The van der Waals surface area contributed by atoms with Crippen LogP contribution < -0.4 is 11.1 Å². The zero-order valence-electron chi connectivity index (χ0n) is 10.4. The Labute approximate surface area is 107 Å². The Balaban J connectivity index is 1.79. The van der Waals surface area contributed by atoms with Crippen LogP contribution in [0.5, 0.6) is 0 Å². The average Bonchev–Trinajstić information content (AvgIpc) is 2.93. The van der Waals surface area contributed by atoms with E-state index in [4.69, 9.17) is 5.73 Å². The molecule has 3 N–H and O–H groups in total. The van der Waals surface area contributed by atoms with Gasteiger partial charge in [-0.25, -0.2) is 0 Å². The molecule has 0 amide bonds. The normalized spacial score (nSPS) is 13.7. The Morgan fingerprint density at radius 1 is 1.17 bits per heavy atom. The monoisotopic (exact) mass is 247 g/mol. The molecule has 1 aliphatic rings. The highest BCUT2D eigenvalue weighted by Crippen LogP contribution is 2.18. The number of benzene rings is 1. The molecule has 1 aromatic rings. The predicted octanol–water partition coefficient (Wildman–Crippen LogP) is 2.66. The maximum Gasteiger partial charge on any atom is 0.286 e. The summed E-state index contributed by atoms with van der Waals surface area (Å²) in [5.74, 6) is 0. The van der Waals surface area contributed by atoms with Crippen molar-refractivity contribution in [2.75, 3.05) is 25.1 Å². The third-order valence-electron chi connectivity index (χ3n) is 2.72. The Kier molecular flexibility index (Phi) is 4.78. The third kappa shape index (κ3) is 3.59. The molecule has 0 fully saturated rings. The number of azo groups is 1. The summed E-state index contributed by atoms with van der Waals surface area (Å²) in [5, 5.41) is 15.2. The van der Waals surface area contributed by atoms with E-state index in [-0.39, 0.29) is 0 Å². The van der Waals surface area contributed by atoms with E-state index < -0.39 is 0 Å². The molecular formula is C12H19N6+. The van der Waals surface area contributed by atoms with Crippen LogP contribution in [-0.4, -0.2) is 24.6 Å². The van der Waals surface area contributed by atoms with Crippen molar-refractivity contribution in [3.05, 3.63) is 24.3 Å². The SMILES string of the molecule is NCCCCCNc1ccc([N+]2=NCN=N2)cc1. The lowest BCUT2D eigenvalue weighted by molar-refractivity contribution is -0.515. The molecule has 0 unspecified atom stereocenters. The highest BCUT2D eigenvalue weighted by Gasteiger charge is 2.11. The fraction of sp³-hybridized carbons (Fsp3) is 0.500. The summed E-state index contributed by atoms with van der Waals surface area (Å²) < 4.78 is 0. The van der Waals surface area contributed by atoms with Crippen LogP contribution in [0.1, 0.15) is 19.3 Å². The maximum absolute atomic E-state index is 5.45. The van der Waals surface area contributed by atoms with Crippen molar-refractivity contribution in [3.8, 4) is 0 Å². The molecule has 18 heavy (non-hydrogen) atoms. The number of hydrogen-bond donors (Lipinski definition) is 2. The van der Waals surface area contributed by atoms with Gasteiger partial charge in [-0.2, -0.15) is 0 Å². The van der Waals surface area contributed by atoms with Crippen molar-refractivity contribution in [2.24, 2.45) is 21.2 Å². The standard InChI is InChI=1S/C12H19N6/c13-8-2-1-3-9-14-11-4-6-12(7-5-11)18-16-10-15-17-18/h4-7,14H,1-3,8-10,13H2/q+1. The summed E-state index contributed by atoms with van der Waals surface area (Å²) in [7, 11) is 0. The van der Waals surface area contributed by atoms with Gasteiger partial charge in [-0.1, -0.05) is 6.42 Å². The van der Waals surface area contributed by atoms with Crippen LogP contribution in [-0.2, 0) is 0 Å². The summed E-state index contributed by atoms with van der Waals surface area (Å²) in [6.45, 7) is 2.18. The van der Waals surface area contributed by atoms with Gasteiger partial charge in [0.05, 0.1) is 5.11 Å². The zero-order valence-corrected chi connectivity index (χ0v) is 10.4. The molecule has 6 heteroatoms. The number of hydrogen-bond acceptors (Lipinski definition) is 5. The van der Waals surface area contributed by atoms with E-state index in [9.17, 15) is 0 Å². The first kappa shape index (κ1) is 12.6. The van der Waals surface area contributed by atoms with E-state index in [1.54, 1.807) is 4.81 Å². The van der Waals surface area contributed by atoms with Gasteiger partial charge in [-0.05, 0) is 48.8 Å². The second kappa shape index (κ2) is 6.80. The van der Waals surface area contributed by atoms with Crippen molar-refractivity contribution in [1.29, 1.82) is 0 Å². The molecular weight excluding hydrogens is 228 g/mol. The fourth-order valence-electron chi connectivity index (χ4n) is 1.73. The first-order valence-corrected chi connectivity index (χ1v) is 6.29. The molecule has 6 nitrogen and oxygen atoms in total. The molecule has 0 spiro atoms. The minimum atomic E-state index is 0.418.